The maximum Gasteiger partial charge on any atom is 0.387 e. The van der Waals surface area contributed by atoms with Gasteiger partial charge in [0.05, 0.1) is 6.61 Å². The van der Waals surface area contributed by atoms with Crippen LogP contribution in [-0.2, 0) is 6.54 Å². The molecule has 2 rings (SSSR count). The normalized spacial score (nSPS) is 11.3. The summed E-state index contributed by atoms with van der Waals surface area (Å²) in [7, 11) is 0. The van der Waals surface area contributed by atoms with E-state index in [1.54, 1.807) is 32.1 Å². The standard InChI is InChI=1S/C22H22F2N2O3/c1-5-10-26-14(3)11-18(15(26)4)20(27)17(13-25)12-16-8-7-9-19(28-6-2)21(16)29-22(23)24/h5,7-9,11-12,22H,1,6,10H2,2-4H3/b17-12+. The molecule has 1 aromatic heterocycles. The summed E-state index contributed by atoms with van der Waals surface area (Å²) < 4.78 is 37.6. The maximum atomic E-state index is 13.0. The van der Waals surface area contributed by atoms with Crippen molar-refractivity contribution in [3.05, 3.63) is 65.0 Å². The largest absolute Gasteiger partial charge is 0.490 e. The Morgan fingerprint density at radius 2 is 2.10 bits per heavy atom. The molecule has 0 aliphatic carbocycles. The first-order chi connectivity index (χ1) is 13.8. The van der Waals surface area contributed by atoms with Crippen LogP contribution in [0.15, 0.2) is 42.5 Å². The molecule has 5 nitrogen and oxygen atoms in total. The van der Waals surface area contributed by atoms with Crippen molar-refractivity contribution in [1.82, 2.24) is 4.57 Å². The van der Waals surface area contributed by atoms with Gasteiger partial charge in [0.15, 0.2) is 11.5 Å². The fourth-order valence-electron chi connectivity index (χ4n) is 3.02. The minimum Gasteiger partial charge on any atom is -0.490 e. The summed E-state index contributed by atoms with van der Waals surface area (Å²) in [5.74, 6) is -0.613. The van der Waals surface area contributed by atoms with Crippen molar-refractivity contribution in [2.75, 3.05) is 6.61 Å². The zero-order valence-corrected chi connectivity index (χ0v) is 16.5. The molecule has 0 saturated heterocycles. The van der Waals surface area contributed by atoms with Crippen LogP contribution < -0.4 is 9.47 Å². The van der Waals surface area contributed by atoms with Crippen molar-refractivity contribution in [2.24, 2.45) is 0 Å². The number of benzene rings is 1. The highest BCUT2D eigenvalue weighted by Crippen LogP contribution is 2.34. The number of ether oxygens (including phenoxy) is 2. The molecule has 152 valence electrons. The third-order valence-electron chi connectivity index (χ3n) is 4.31. The van der Waals surface area contributed by atoms with Crippen LogP contribution in [0.25, 0.3) is 6.08 Å². The summed E-state index contributed by atoms with van der Waals surface area (Å²) in [6.07, 6.45) is 2.95. The number of nitriles is 1. The molecule has 0 aliphatic heterocycles. The quantitative estimate of drug-likeness (QED) is 0.255. The number of aromatic nitrogens is 1. The number of allylic oxidation sites excluding steroid dienone is 2. The molecule has 0 bridgehead atoms. The molecule has 1 aromatic carbocycles. The predicted octanol–water partition coefficient (Wildman–Crippen LogP) is 5.08. The number of hydrogen-bond donors (Lipinski definition) is 0. The lowest BCUT2D eigenvalue weighted by Crippen LogP contribution is -2.08. The van der Waals surface area contributed by atoms with E-state index in [4.69, 9.17) is 4.74 Å². The van der Waals surface area contributed by atoms with Gasteiger partial charge in [-0.15, -0.1) is 6.58 Å². The van der Waals surface area contributed by atoms with Crippen molar-refractivity contribution in [2.45, 2.75) is 33.9 Å². The van der Waals surface area contributed by atoms with Crippen molar-refractivity contribution in [3.63, 3.8) is 0 Å². The van der Waals surface area contributed by atoms with Crippen molar-refractivity contribution in [3.8, 4) is 17.6 Å². The monoisotopic (exact) mass is 400 g/mol. The van der Waals surface area contributed by atoms with Crippen LogP contribution in [0, 0.1) is 25.2 Å². The summed E-state index contributed by atoms with van der Waals surface area (Å²) >= 11 is 0. The van der Waals surface area contributed by atoms with Crippen LogP contribution >= 0.6 is 0 Å². The summed E-state index contributed by atoms with van der Waals surface area (Å²) in [4.78, 5) is 13.0. The number of carbonyl (C=O) groups is 1. The Hall–Kier alpha value is -3.40. The van der Waals surface area contributed by atoms with Gasteiger partial charge in [0.25, 0.3) is 0 Å². The van der Waals surface area contributed by atoms with Crippen LogP contribution in [0.4, 0.5) is 8.78 Å². The summed E-state index contributed by atoms with van der Waals surface area (Å²) in [6.45, 7) is 6.72. The third kappa shape index (κ3) is 4.91. The number of alkyl halides is 2. The average Bonchev–Trinajstić information content (AvgIpc) is 2.96. The maximum absolute atomic E-state index is 13.0. The Labute approximate surface area is 168 Å². The smallest absolute Gasteiger partial charge is 0.387 e. The Morgan fingerprint density at radius 1 is 1.38 bits per heavy atom. The van der Waals surface area contributed by atoms with E-state index in [1.165, 1.54) is 18.2 Å². The van der Waals surface area contributed by atoms with Gasteiger partial charge in [-0.05, 0) is 39.0 Å². The number of para-hydroxylation sites is 1. The second-order valence-corrected chi connectivity index (χ2v) is 6.17. The predicted molar refractivity (Wildman–Crippen MR) is 106 cm³/mol. The van der Waals surface area contributed by atoms with Gasteiger partial charge in [0.1, 0.15) is 11.6 Å². The van der Waals surface area contributed by atoms with E-state index >= 15 is 0 Å². The lowest BCUT2D eigenvalue weighted by atomic mass is 10.0. The Kier molecular flexibility index (Phi) is 7.32. The van der Waals surface area contributed by atoms with Crippen LogP contribution in [0.5, 0.6) is 11.5 Å². The Balaban J connectivity index is 2.54. The third-order valence-corrected chi connectivity index (χ3v) is 4.31. The number of aryl methyl sites for hydroxylation is 1. The molecule has 7 heteroatoms. The summed E-state index contributed by atoms with van der Waals surface area (Å²) in [5, 5.41) is 9.55. The minimum absolute atomic E-state index is 0.107. The average molecular weight is 400 g/mol. The molecule has 1 heterocycles. The van der Waals surface area contributed by atoms with Crippen LogP contribution in [0.2, 0.25) is 0 Å². The highest BCUT2D eigenvalue weighted by atomic mass is 19.3. The van der Waals surface area contributed by atoms with Crippen LogP contribution in [0.1, 0.15) is 34.2 Å². The van der Waals surface area contributed by atoms with E-state index in [9.17, 15) is 18.8 Å². The fraction of sp³-hybridized carbons (Fsp3) is 0.273. The second-order valence-electron chi connectivity index (χ2n) is 6.17. The number of nitrogens with zero attached hydrogens (tertiary/aromatic N) is 2. The minimum atomic E-state index is -3.08. The summed E-state index contributed by atoms with van der Waals surface area (Å²) in [6, 6.07) is 8.09. The first-order valence-corrected chi connectivity index (χ1v) is 8.98. The van der Waals surface area contributed by atoms with Gasteiger partial charge in [0, 0.05) is 29.1 Å². The van der Waals surface area contributed by atoms with E-state index < -0.39 is 12.4 Å². The molecule has 0 N–H and O–H groups in total. The van der Waals surface area contributed by atoms with Gasteiger partial charge in [-0.1, -0.05) is 18.2 Å². The van der Waals surface area contributed by atoms with E-state index in [0.29, 0.717) is 17.8 Å². The topological polar surface area (TPSA) is 64.2 Å². The van der Waals surface area contributed by atoms with Gasteiger partial charge < -0.3 is 14.0 Å². The van der Waals surface area contributed by atoms with Crippen molar-refractivity contribution >= 4 is 11.9 Å². The molecule has 0 spiro atoms. The molecule has 0 amide bonds. The van der Waals surface area contributed by atoms with Gasteiger partial charge in [-0.25, -0.2) is 0 Å². The number of carbonyl (C=O) groups excluding carboxylic acids is 1. The van der Waals surface area contributed by atoms with Gasteiger partial charge in [0.2, 0.25) is 5.78 Å². The molecule has 0 unspecified atom stereocenters. The van der Waals surface area contributed by atoms with E-state index in [2.05, 4.69) is 11.3 Å². The van der Waals surface area contributed by atoms with Crippen molar-refractivity contribution < 1.29 is 23.0 Å². The zero-order valence-electron chi connectivity index (χ0n) is 16.5. The molecule has 0 fully saturated rings. The Bertz CT molecular complexity index is 985. The second kappa shape index (κ2) is 9.69. The van der Waals surface area contributed by atoms with E-state index in [0.717, 1.165) is 5.69 Å². The van der Waals surface area contributed by atoms with Crippen LogP contribution in [0.3, 0.4) is 0 Å². The number of rotatable bonds is 9. The lowest BCUT2D eigenvalue weighted by Gasteiger charge is -2.13. The zero-order chi connectivity index (χ0) is 21.6. The molecule has 0 radical (unpaired) electrons. The molecular formula is C22H22F2N2O3. The Morgan fingerprint density at radius 3 is 2.69 bits per heavy atom. The van der Waals surface area contributed by atoms with Gasteiger partial charge in [-0.2, -0.15) is 14.0 Å². The fourth-order valence-corrected chi connectivity index (χ4v) is 3.02. The molecule has 2 aromatic rings. The highest BCUT2D eigenvalue weighted by molar-refractivity contribution is 6.15. The summed E-state index contributed by atoms with van der Waals surface area (Å²) in [5.41, 5.74) is 1.87. The molecule has 0 saturated carbocycles. The molecule has 0 aliphatic rings. The SMILES string of the molecule is C=CCn1c(C)cc(C(=O)/C(C#N)=C/c2cccc(OCC)c2OC(F)F)c1C. The lowest BCUT2D eigenvalue weighted by molar-refractivity contribution is -0.0515. The number of hydrogen-bond acceptors (Lipinski definition) is 4. The first kappa shape index (κ1) is 21.9. The van der Waals surface area contributed by atoms with Crippen LogP contribution in [-0.4, -0.2) is 23.6 Å². The molecule has 0 atom stereocenters. The van der Waals surface area contributed by atoms with E-state index in [1.807, 2.05) is 17.6 Å². The molecular weight excluding hydrogens is 378 g/mol. The number of Topliss-reactive ketones (excluding diaryl/α,β-unsaturated/α-hetero) is 1. The number of halogens is 2. The van der Waals surface area contributed by atoms with Gasteiger partial charge >= 0.3 is 6.61 Å². The van der Waals surface area contributed by atoms with Crippen molar-refractivity contribution in [1.29, 1.82) is 5.26 Å². The molecule has 29 heavy (non-hydrogen) atoms. The van der Waals surface area contributed by atoms with E-state index in [-0.39, 0.29) is 29.2 Å². The number of ketones is 1. The highest BCUT2D eigenvalue weighted by Gasteiger charge is 2.21. The van der Waals surface area contributed by atoms with Gasteiger partial charge in [-0.3, -0.25) is 4.79 Å². The first-order valence-electron chi connectivity index (χ1n) is 8.98.